The van der Waals surface area contributed by atoms with E-state index in [1.807, 2.05) is 20.2 Å². The second-order valence-corrected chi connectivity index (χ2v) is 4.27. The van der Waals surface area contributed by atoms with Gasteiger partial charge in [0.25, 0.3) is 0 Å². The fraction of sp³-hybridized carbons (Fsp3) is 0.286. The van der Waals surface area contributed by atoms with Crippen LogP contribution in [0.2, 0.25) is 0 Å². The maximum absolute atomic E-state index is 12.8. The number of benzene rings is 1. The Hall–Kier alpha value is -2.35. The molecule has 0 bridgehead atoms. The van der Waals surface area contributed by atoms with Crippen molar-refractivity contribution in [2.75, 3.05) is 5.32 Å². The number of nitrogens with zero attached hydrogens (tertiary/aromatic N) is 3. The van der Waals surface area contributed by atoms with Gasteiger partial charge in [0, 0.05) is 24.5 Å². The lowest BCUT2D eigenvalue weighted by Crippen LogP contribution is -2.09. The first-order chi connectivity index (χ1) is 9.13. The van der Waals surface area contributed by atoms with E-state index in [-0.39, 0.29) is 5.82 Å². The first kappa shape index (κ1) is 13.1. The van der Waals surface area contributed by atoms with Crippen LogP contribution in [0.25, 0.3) is 0 Å². The summed E-state index contributed by atoms with van der Waals surface area (Å²) in [6.45, 7) is 2.00. The van der Waals surface area contributed by atoms with Crippen molar-refractivity contribution in [2.45, 2.75) is 19.4 Å². The monoisotopic (exact) mass is 258 g/mol. The SMILES string of the molecule is CCc1nn(C)cc1C(C#N)Nc1ccc(F)cc1. The zero-order valence-electron chi connectivity index (χ0n) is 10.9. The number of aryl methyl sites for hydroxylation is 2. The fourth-order valence-corrected chi connectivity index (χ4v) is 1.96. The lowest BCUT2D eigenvalue weighted by atomic mass is 10.1. The normalized spacial score (nSPS) is 11.9. The molecule has 0 saturated carbocycles. The van der Waals surface area contributed by atoms with Crippen molar-refractivity contribution in [3.05, 3.63) is 47.5 Å². The largest absolute Gasteiger partial charge is 0.366 e. The van der Waals surface area contributed by atoms with Crippen molar-refractivity contribution >= 4 is 5.69 Å². The maximum atomic E-state index is 12.8. The first-order valence-electron chi connectivity index (χ1n) is 6.08. The van der Waals surface area contributed by atoms with Gasteiger partial charge in [-0.2, -0.15) is 10.4 Å². The van der Waals surface area contributed by atoms with Crippen molar-refractivity contribution in [1.82, 2.24) is 9.78 Å². The minimum atomic E-state index is -0.492. The van der Waals surface area contributed by atoms with Gasteiger partial charge in [-0.05, 0) is 30.7 Å². The summed E-state index contributed by atoms with van der Waals surface area (Å²) in [5.74, 6) is -0.297. The van der Waals surface area contributed by atoms with E-state index in [0.717, 1.165) is 17.7 Å². The van der Waals surface area contributed by atoms with Crippen LogP contribution in [0.4, 0.5) is 10.1 Å². The molecule has 98 valence electrons. The van der Waals surface area contributed by atoms with Gasteiger partial charge in [0.15, 0.2) is 0 Å². The van der Waals surface area contributed by atoms with Gasteiger partial charge >= 0.3 is 0 Å². The molecule has 19 heavy (non-hydrogen) atoms. The zero-order valence-corrected chi connectivity index (χ0v) is 10.9. The number of anilines is 1. The molecule has 0 fully saturated rings. The van der Waals surface area contributed by atoms with E-state index < -0.39 is 6.04 Å². The molecular formula is C14H15FN4. The van der Waals surface area contributed by atoms with E-state index in [0.29, 0.717) is 5.69 Å². The van der Waals surface area contributed by atoms with Gasteiger partial charge < -0.3 is 5.32 Å². The molecule has 5 heteroatoms. The van der Waals surface area contributed by atoms with Crippen LogP contribution in [0.3, 0.4) is 0 Å². The van der Waals surface area contributed by atoms with Crippen LogP contribution in [0, 0.1) is 17.1 Å². The summed E-state index contributed by atoms with van der Waals surface area (Å²) in [6, 6.07) is 7.67. The Labute approximate surface area is 111 Å². The summed E-state index contributed by atoms with van der Waals surface area (Å²) in [5, 5.41) is 16.7. The molecule has 4 nitrogen and oxygen atoms in total. The summed E-state index contributed by atoms with van der Waals surface area (Å²) in [5.41, 5.74) is 2.46. The Morgan fingerprint density at radius 3 is 2.68 bits per heavy atom. The van der Waals surface area contributed by atoms with Gasteiger partial charge in [-0.15, -0.1) is 0 Å². The smallest absolute Gasteiger partial charge is 0.143 e. The minimum absolute atomic E-state index is 0.297. The Morgan fingerprint density at radius 2 is 2.11 bits per heavy atom. The topological polar surface area (TPSA) is 53.6 Å². The standard InChI is InChI=1S/C14H15FN4/c1-3-13-12(9-19(2)18-13)14(8-16)17-11-6-4-10(15)5-7-11/h4-7,9,14,17H,3H2,1-2H3. The van der Waals surface area contributed by atoms with Crippen LogP contribution in [0.1, 0.15) is 24.2 Å². The molecule has 0 spiro atoms. The van der Waals surface area contributed by atoms with Crippen molar-refractivity contribution in [1.29, 1.82) is 5.26 Å². The van der Waals surface area contributed by atoms with Crippen LogP contribution < -0.4 is 5.32 Å². The van der Waals surface area contributed by atoms with Crippen molar-refractivity contribution < 1.29 is 4.39 Å². The molecule has 1 atom stereocenters. The molecule has 0 amide bonds. The van der Waals surface area contributed by atoms with Crippen LogP contribution >= 0.6 is 0 Å². The van der Waals surface area contributed by atoms with Crippen molar-refractivity contribution in [2.24, 2.45) is 7.05 Å². The van der Waals surface area contributed by atoms with E-state index >= 15 is 0 Å². The molecule has 2 rings (SSSR count). The van der Waals surface area contributed by atoms with Crippen molar-refractivity contribution in [3.63, 3.8) is 0 Å². The van der Waals surface area contributed by atoms with Crippen LogP contribution in [-0.2, 0) is 13.5 Å². The average molecular weight is 258 g/mol. The van der Waals surface area contributed by atoms with Crippen LogP contribution in [0.5, 0.6) is 0 Å². The maximum Gasteiger partial charge on any atom is 0.143 e. The Morgan fingerprint density at radius 1 is 1.42 bits per heavy atom. The quantitative estimate of drug-likeness (QED) is 0.917. The molecule has 1 aromatic carbocycles. The molecule has 1 N–H and O–H groups in total. The lowest BCUT2D eigenvalue weighted by Gasteiger charge is -2.12. The van der Waals surface area contributed by atoms with Gasteiger partial charge in [-0.3, -0.25) is 4.68 Å². The number of aromatic nitrogens is 2. The third-order valence-electron chi connectivity index (χ3n) is 2.87. The molecule has 0 aliphatic carbocycles. The molecule has 0 radical (unpaired) electrons. The summed E-state index contributed by atoms with van der Waals surface area (Å²) in [4.78, 5) is 0. The zero-order chi connectivity index (χ0) is 13.8. The molecule has 1 aromatic heterocycles. The third kappa shape index (κ3) is 2.91. The molecule has 2 aromatic rings. The van der Waals surface area contributed by atoms with Crippen LogP contribution in [-0.4, -0.2) is 9.78 Å². The second-order valence-electron chi connectivity index (χ2n) is 4.27. The van der Waals surface area contributed by atoms with E-state index in [2.05, 4.69) is 16.5 Å². The van der Waals surface area contributed by atoms with Crippen LogP contribution in [0.15, 0.2) is 30.5 Å². The number of halogens is 1. The molecule has 1 unspecified atom stereocenters. The number of hydrogen-bond acceptors (Lipinski definition) is 3. The fourth-order valence-electron chi connectivity index (χ4n) is 1.96. The van der Waals surface area contributed by atoms with E-state index in [9.17, 15) is 9.65 Å². The predicted molar refractivity (Wildman–Crippen MR) is 71.0 cm³/mol. The molecule has 0 aliphatic rings. The number of nitriles is 1. The average Bonchev–Trinajstić information content (AvgIpc) is 2.79. The second kappa shape index (κ2) is 5.53. The van der Waals surface area contributed by atoms with Gasteiger partial charge in [0.2, 0.25) is 0 Å². The molecule has 0 saturated heterocycles. The third-order valence-corrected chi connectivity index (χ3v) is 2.87. The lowest BCUT2D eigenvalue weighted by molar-refractivity contribution is 0.628. The molecule has 0 aliphatic heterocycles. The summed E-state index contributed by atoms with van der Waals surface area (Å²) >= 11 is 0. The Bertz CT molecular complexity index is 595. The number of nitrogens with one attached hydrogen (secondary N) is 1. The Balaban J connectivity index is 2.25. The number of rotatable bonds is 4. The first-order valence-corrected chi connectivity index (χ1v) is 6.08. The highest BCUT2D eigenvalue weighted by Crippen LogP contribution is 2.22. The minimum Gasteiger partial charge on any atom is -0.366 e. The van der Waals surface area contributed by atoms with E-state index in [1.165, 1.54) is 12.1 Å². The van der Waals surface area contributed by atoms with Gasteiger partial charge in [0.1, 0.15) is 11.9 Å². The Kier molecular flexibility index (Phi) is 3.81. The summed E-state index contributed by atoms with van der Waals surface area (Å²) < 4.78 is 14.5. The van der Waals surface area contributed by atoms with Gasteiger partial charge in [-0.25, -0.2) is 4.39 Å². The van der Waals surface area contributed by atoms with Gasteiger partial charge in [0.05, 0.1) is 11.8 Å². The molecular weight excluding hydrogens is 243 g/mol. The van der Waals surface area contributed by atoms with Gasteiger partial charge in [-0.1, -0.05) is 6.92 Å². The number of hydrogen-bond donors (Lipinski definition) is 1. The highest BCUT2D eigenvalue weighted by atomic mass is 19.1. The van der Waals surface area contributed by atoms with Crippen molar-refractivity contribution in [3.8, 4) is 6.07 Å². The highest BCUT2D eigenvalue weighted by molar-refractivity contribution is 5.47. The summed E-state index contributed by atoms with van der Waals surface area (Å²) in [6.07, 6.45) is 2.60. The summed E-state index contributed by atoms with van der Waals surface area (Å²) in [7, 11) is 1.83. The van der Waals surface area contributed by atoms with E-state index in [1.54, 1.807) is 16.8 Å². The molecule has 1 heterocycles. The highest BCUT2D eigenvalue weighted by Gasteiger charge is 2.17. The predicted octanol–water partition coefficient (Wildman–Crippen LogP) is 2.80. The van der Waals surface area contributed by atoms with E-state index in [4.69, 9.17) is 0 Å².